The molecule has 0 bridgehead atoms. The summed E-state index contributed by atoms with van der Waals surface area (Å²) in [6, 6.07) is -1.29. The van der Waals surface area contributed by atoms with Crippen LogP contribution in [-0.4, -0.2) is 79.6 Å². The molecule has 0 aliphatic carbocycles. The van der Waals surface area contributed by atoms with Crippen molar-refractivity contribution in [3.05, 3.63) is 0 Å². The van der Waals surface area contributed by atoms with Crippen molar-refractivity contribution in [2.24, 2.45) is 5.73 Å². The summed E-state index contributed by atoms with van der Waals surface area (Å²) in [4.78, 5) is 19.6. The van der Waals surface area contributed by atoms with E-state index in [0.717, 1.165) is 0 Å². The molecular weight excluding hydrogens is 179 g/mol. The third-order valence-electron chi connectivity index (χ3n) is 0.712. The van der Waals surface area contributed by atoms with Crippen LogP contribution in [-0.2, 0) is 9.59 Å². The van der Waals surface area contributed by atoms with Crippen LogP contribution in [0.4, 0.5) is 0 Å². The van der Waals surface area contributed by atoms with Crippen molar-refractivity contribution in [2.75, 3.05) is 0 Å². The fraction of sp³-hybridized carbons (Fsp3) is 0.500. The van der Waals surface area contributed by atoms with E-state index in [-0.39, 0.29) is 57.5 Å². The second-order valence-electron chi connectivity index (χ2n) is 1.54. The SMILES string of the molecule is N.N[C@@H](CC(=O)O)C(=O)O.[KH]. The van der Waals surface area contributed by atoms with Gasteiger partial charge in [-0.3, -0.25) is 9.59 Å². The molecule has 0 aromatic heterocycles. The molecule has 0 fully saturated rings. The Labute approximate surface area is 106 Å². The Bertz CT molecular complexity index is 140. The Hall–Kier alpha value is 0.496. The van der Waals surface area contributed by atoms with Gasteiger partial charge < -0.3 is 22.1 Å². The van der Waals surface area contributed by atoms with Gasteiger partial charge in [-0.25, -0.2) is 0 Å². The van der Waals surface area contributed by atoms with Gasteiger partial charge in [0.2, 0.25) is 0 Å². The van der Waals surface area contributed by atoms with Crippen LogP contribution in [0.2, 0.25) is 0 Å². The molecular formula is C4H11KN2O4. The normalized spacial score (nSPS) is 10.3. The number of nitrogens with two attached hydrogens (primary N) is 1. The third kappa shape index (κ3) is 10.5. The second kappa shape index (κ2) is 8.59. The molecule has 62 valence electrons. The molecule has 0 rings (SSSR count). The molecule has 11 heavy (non-hydrogen) atoms. The van der Waals surface area contributed by atoms with Crippen molar-refractivity contribution < 1.29 is 19.8 Å². The van der Waals surface area contributed by atoms with Crippen molar-refractivity contribution >= 4 is 63.3 Å². The van der Waals surface area contributed by atoms with Gasteiger partial charge in [0, 0.05) is 0 Å². The summed E-state index contributed by atoms with van der Waals surface area (Å²) in [5.41, 5.74) is 4.84. The predicted molar refractivity (Wildman–Crippen MR) is 40.0 cm³/mol. The van der Waals surface area contributed by atoms with Crippen molar-refractivity contribution in [1.82, 2.24) is 6.15 Å². The number of carbonyl (C=O) groups is 2. The van der Waals surface area contributed by atoms with Crippen LogP contribution in [0.3, 0.4) is 0 Å². The molecule has 0 aromatic rings. The molecule has 7 heteroatoms. The number of carboxylic acids is 2. The Morgan fingerprint density at radius 3 is 1.82 bits per heavy atom. The summed E-state index contributed by atoms with van der Waals surface area (Å²) < 4.78 is 0. The van der Waals surface area contributed by atoms with Gasteiger partial charge in [0.15, 0.2) is 0 Å². The Kier molecular flexibility index (Phi) is 13.7. The second-order valence-corrected chi connectivity index (χ2v) is 1.54. The Balaban J connectivity index is -0.000000320. The van der Waals surface area contributed by atoms with Gasteiger partial charge in [0.05, 0.1) is 6.42 Å². The molecule has 0 aliphatic heterocycles. The molecule has 0 radical (unpaired) electrons. The van der Waals surface area contributed by atoms with Crippen molar-refractivity contribution in [1.29, 1.82) is 0 Å². The molecule has 0 saturated carbocycles. The van der Waals surface area contributed by atoms with Crippen LogP contribution in [0.15, 0.2) is 0 Å². The van der Waals surface area contributed by atoms with Crippen molar-refractivity contribution in [3.8, 4) is 0 Å². The molecule has 0 amide bonds. The van der Waals surface area contributed by atoms with Crippen LogP contribution in [0.25, 0.3) is 0 Å². The van der Waals surface area contributed by atoms with Crippen molar-refractivity contribution in [2.45, 2.75) is 12.5 Å². The summed E-state index contributed by atoms with van der Waals surface area (Å²) in [7, 11) is 0. The van der Waals surface area contributed by atoms with Gasteiger partial charge in [-0.15, -0.1) is 0 Å². The van der Waals surface area contributed by atoms with Crippen LogP contribution in [0, 0.1) is 0 Å². The fourth-order valence-electron chi connectivity index (χ4n) is 0.275. The van der Waals surface area contributed by atoms with Gasteiger partial charge in [-0.1, -0.05) is 0 Å². The average molecular weight is 190 g/mol. The van der Waals surface area contributed by atoms with Gasteiger partial charge in [-0.2, -0.15) is 0 Å². The van der Waals surface area contributed by atoms with Gasteiger partial charge in [-0.05, 0) is 0 Å². The van der Waals surface area contributed by atoms with E-state index in [1.165, 1.54) is 0 Å². The standard InChI is InChI=1S/C4H7NO4.K.H3N.H/c5-2(4(8)9)1-3(6)7;;;/h2H,1,5H2,(H,6,7)(H,8,9);;1H3;/t2-;;;/m0.../s1. The minimum absolute atomic E-state index is 0. The molecule has 0 aliphatic rings. The summed E-state index contributed by atoms with van der Waals surface area (Å²) in [5, 5.41) is 16.0. The van der Waals surface area contributed by atoms with Gasteiger partial charge >= 0.3 is 63.3 Å². The van der Waals surface area contributed by atoms with E-state index in [0.29, 0.717) is 0 Å². The number of rotatable bonds is 3. The van der Waals surface area contributed by atoms with Crippen molar-refractivity contribution in [3.63, 3.8) is 0 Å². The average Bonchev–Trinajstić information content (AvgIpc) is 1.63. The van der Waals surface area contributed by atoms with E-state index in [9.17, 15) is 9.59 Å². The molecule has 0 spiro atoms. The quantitative estimate of drug-likeness (QED) is 0.395. The monoisotopic (exact) mass is 190 g/mol. The number of hydrogen-bond donors (Lipinski definition) is 4. The zero-order chi connectivity index (χ0) is 7.44. The fourth-order valence-corrected chi connectivity index (χ4v) is 0.275. The molecule has 0 aromatic carbocycles. The van der Waals surface area contributed by atoms with E-state index in [4.69, 9.17) is 15.9 Å². The molecule has 0 unspecified atom stereocenters. The zero-order valence-corrected chi connectivity index (χ0v) is 5.28. The first-order chi connectivity index (χ1) is 4.04. The number of carboxylic acid groups (broad SMARTS) is 2. The van der Waals surface area contributed by atoms with E-state index in [1.807, 2.05) is 0 Å². The van der Waals surface area contributed by atoms with Crippen LogP contribution >= 0.6 is 0 Å². The maximum atomic E-state index is 9.85. The molecule has 6 nitrogen and oxygen atoms in total. The zero-order valence-electron chi connectivity index (χ0n) is 5.28. The van der Waals surface area contributed by atoms with Crippen LogP contribution < -0.4 is 11.9 Å². The number of hydrogen-bond acceptors (Lipinski definition) is 4. The van der Waals surface area contributed by atoms with E-state index >= 15 is 0 Å². The molecule has 0 saturated heterocycles. The topological polar surface area (TPSA) is 136 Å². The van der Waals surface area contributed by atoms with Gasteiger partial charge in [0.1, 0.15) is 6.04 Å². The van der Waals surface area contributed by atoms with Crippen LogP contribution in [0.1, 0.15) is 6.42 Å². The Morgan fingerprint density at radius 1 is 1.36 bits per heavy atom. The summed E-state index contributed by atoms with van der Waals surface area (Å²) in [6.45, 7) is 0. The molecule has 0 heterocycles. The predicted octanol–water partition coefficient (Wildman–Crippen LogP) is -1.61. The van der Waals surface area contributed by atoms with Crippen LogP contribution in [0.5, 0.6) is 0 Å². The molecule has 1 atom stereocenters. The first-order valence-corrected chi connectivity index (χ1v) is 2.24. The summed E-state index contributed by atoms with van der Waals surface area (Å²) in [6.07, 6.45) is -0.532. The Morgan fingerprint density at radius 2 is 1.73 bits per heavy atom. The van der Waals surface area contributed by atoms with E-state index in [1.54, 1.807) is 0 Å². The number of aliphatic carboxylic acids is 2. The summed E-state index contributed by atoms with van der Waals surface area (Å²) >= 11 is 0. The minimum atomic E-state index is -1.29. The van der Waals surface area contributed by atoms with E-state index in [2.05, 4.69) is 0 Å². The first kappa shape index (κ1) is 17.5. The maximum absolute atomic E-state index is 9.85. The first-order valence-electron chi connectivity index (χ1n) is 2.24. The van der Waals surface area contributed by atoms with E-state index < -0.39 is 24.4 Å². The van der Waals surface area contributed by atoms with Gasteiger partial charge in [0.25, 0.3) is 0 Å². The summed E-state index contributed by atoms with van der Waals surface area (Å²) in [5.74, 6) is -2.50. The molecule has 7 N–H and O–H groups in total. The third-order valence-corrected chi connectivity index (χ3v) is 0.712.